The van der Waals surface area contributed by atoms with Crippen molar-refractivity contribution in [1.29, 1.82) is 0 Å². The van der Waals surface area contributed by atoms with E-state index in [2.05, 4.69) is 0 Å². The fourth-order valence-electron chi connectivity index (χ4n) is 3.64. The number of hydrogen-bond donors (Lipinski definition) is 3. The molecule has 2 aliphatic heterocycles. The van der Waals surface area contributed by atoms with Gasteiger partial charge in [-0.05, 0) is 39.5 Å². The van der Waals surface area contributed by atoms with Crippen LogP contribution in [0.3, 0.4) is 0 Å². The van der Waals surface area contributed by atoms with Gasteiger partial charge in [0, 0.05) is 13.7 Å². The summed E-state index contributed by atoms with van der Waals surface area (Å²) in [5, 5.41) is 29.7. The minimum absolute atomic E-state index is 0.0947. The van der Waals surface area contributed by atoms with Gasteiger partial charge in [-0.25, -0.2) is 8.42 Å². The molecular weight excluding hydrogens is 416 g/mol. The second kappa shape index (κ2) is 7.95. The zero-order valence-electron chi connectivity index (χ0n) is 16.6. The minimum Gasteiger partial charge on any atom is -0.388 e. The predicted molar refractivity (Wildman–Crippen MR) is 99.9 cm³/mol. The Morgan fingerprint density at radius 3 is 2.18 bits per heavy atom. The molecule has 12 heteroatoms. The lowest BCUT2D eigenvalue weighted by Crippen LogP contribution is -2.59. The SMILES string of the molecule is CO[C@@H]1O[C@H](CS(=O)(=O)CCN2C(=O)C(C)(C)N(Cl)C2(C)C)[C@@H](O)[C@H](O)[C@H]1O. The Bertz CT molecular complexity index is 699. The maximum atomic E-state index is 12.6. The molecule has 2 fully saturated rings. The summed E-state index contributed by atoms with van der Waals surface area (Å²) < 4.78 is 36.7. The molecule has 0 bridgehead atoms. The Kier molecular flexibility index (Phi) is 6.74. The summed E-state index contributed by atoms with van der Waals surface area (Å²) >= 11 is 6.27. The van der Waals surface area contributed by atoms with Crippen molar-refractivity contribution >= 4 is 27.5 Å². The first-order chi connectivity index (χ1) is 12.7. The highest BCUT2D eigenvalue weighted by atomic mass is 35.5. The molecule has 5 atom stereocenters. The lowest BCUT2D eigenvalue weighted by atomic mass is 10.00. The third-order valence-electron chi connectivity index (χ3n) is 5.35. The van der Waals surface area contributed by atoms with Gasteiger partial charge in [0.2, 0.25) is 5.91 Å². The number of ether oxygens (including phenoxy) is 2. The molecule has 164 valence electrons. The van der Waals surface area contributed by atoms with E-state index in [1.54, 1.807) is 27.7 Å². The zero-order chi connectivity index (χ0) is 21.7. The van der Waals surface area contributed by atoms with Crippen LogP contribution in [0.25, 0.3) is 0 Å². The van der Waals surface area contributed by atoms with Crippen molar-refractivity contribution in [2.45, 2.75) is 69.6 Å². The molecule has 2 saturated heterocycles. The van der Waals surface area contributed by atoms with Gasteiger partial charge in [-0.2, -0.15) is 4.42 Å². The van der Waals surface area contributed by atoms with Crippen LogP contribution < -0.4 is 0 Å². The van der Waals surface area contributed by atoms with Crippen LogP contribution in [0.5, 0.6) is 0 Å². The monoisotopic (exact) mass is 444 g/mol. The van der Waals surface area contributed by atoms with Crippen molar-refractivity contribution in [2.24, 2.45) is 0 Å². The lowest BCUT2D eigenvalue weighted by molar-refractivity contribution is -0.285. The first-order valence-electron chi connectivity index (χ1n) is 8.88. The number of nitrogens with zero attached hydrogens (tertiary/aromatic N) is 2. The summed E-state index contributed by atoms with van der Waals surface area (Å²) in [6.45, 7) is 6.65. The van der Waals surface area contributed by atoms with Crippen molar-refractivity contribution in [3.8, 4) is 0 Å². The van der Waals surface area contributed by atoms with E-state index in [0.29, 0.717) is 0 Å². The number of rotatable bonds is 6. The number of carbonyl (C=O) groups excluding carboxylic acids is 1. The van der Waals surface area contributed by atoms with Gasteiger partial charge in [0.05, 0.1) is 11.5 Å². The van der Waals surface area contributed by atoms with Crippen LogP contribution in [-0.4, -0.2) is 106 Å². The fourth-order valence-corrected chi connectivity index (χ4v) is 5.21. The van der Waals surface area contributed by atoms with E-state index in [-0.39, 0.29) is 18.2 Å². The molecule has 0 aromatic carbocycles. The van der Waals surface area contributed by atoms with Crippen molar-refractivity contribution < 1.29 is 38.0 Å². The first kappa shape index (κ1) is 23.7. The summed E-state index contributed by atoms with van der Waals surface area (Å²) in [5.41, 5.74) is -1.87. The molecule has 2 heterocycles. The standard InChI is InChI=1S/C16H29ClN2O8S/c1-15(2)14(23)18(16(3,4)19(15)17)6-7-28(24,25)8-9-10(20)11(21)12(22)13(26-5)27-9/h9-13,20-22H,6-8H2,1-5H3/t9-,10-,11+,12-,13-/m1/s1. The number of aliphatic hydroxyl groups excluding tert-OH is 3. The predicted octanol–water partition coefficient (Wildman–Crippen LogP) is -1.33. The van der Waals surface area contributed by atoms with Gasteiger partial charge in [0.1, 0.15) is 35.6 Å². The van der Waals surface area contributed by atoms with E-state index in [4.69, 9.17) is 21.3 Å². The molecule has 0 aromatic rings. The average Bonchev–Trinajstić information content (AvgIpc) is 2.71. The van der Waals surface area contributed by atoms with Crippen LogP contribution in [-0.2, 0) is 24.1 Å². The molecule has 10 nitrogen and oxygen atoms in total. The Hall–Kier alpha value is -0.530. The lowest BCUT2D eigenvalue weighted by Gasteiger charge is -2.39. The molecule has 2 rings (SSSR count). The van der Waals surface area contributed by atoms with Crippen LogP contribution in [0.4, 0.5) is 0 Å². The van der Waals surface area contributed by atoms with E-state index >= 15 is 0 Å². The molecular formula is C16H29ClN2O8S. The quantitative estimate of drug-likeness (QED) is 0.425. The summed E-state index contributed by atoms with van der Waals surface area (Å²) in [4.78, 5) is 14.0. The maximum absolute atomic E-state index is 12.6. The zero-order valence-corrected chi connectivity index (χ0v) is 18.1. The minimum atomic E-state index is -3.79. The number of halogens is 1. The average molecular weight is 445 g/mol. The summed E-state index contributed by atoms with van der Waals surface area (Å²) in [6.07, 6.45) is -7.25. The first-order valence-corrected chi connectivity index (χ1v) is 11.0. The Balaban J connectivity index is 2.07. The van der Waals surface area contributed by atoms with Crippen molar-refractivity contribution in [3.63, 3.8) is 0 Å². The number of hydrogen-bond acceptors (Lipinski definition) is 9. The van der Waals surface area contributed by atoms with Crippen molar-refractivity contribution in [2.75, 3.05) is 25.2 Å². The molecule has 0 saturated carbocycles. The Morgan fingerprint density at radius 1 is 1.14 bits per heavy atom. The van der Waals surface area contributed by atoms with E-state index in [9.17, 15) is 28.5 Å². The van der Waals surface area contributed by atoms with E-state index in [1.807, 2.05) is 0 Å². The molecule has 0 unspecified atom stereocenters. The Morgan fingerprint density at radius 2 is 1.71 bits per heavy atom. The highest BCUT2D eigenvalue weighted by molar-refractivity contribution is 7.91. The topological polar surface area (TPSA) is 137 Å². The smallest absolute Gasteiger partial charge is 0.245 e. The van der Waals surface area contributed by atoms with E-state index in [0.717, 1.165) is 0 Å². The van der Waals surface area contributed by atoms with Gasteiger partial charge in [-0.1, -0.05) is 0 Å². The van der Waals surface area contributed by atoms with Gasteiger partial charge in [-0.15, -0.1) is 0 Å². The summed E-state index contributed by atoms with van der Waals surface area (Å²) in [7, 11) is -2.56. The van der Waals surface area contributed by atoms with Gasteiger partial charge < -0.3 is 29.7 Å². The second-order valence-electron chi connectivity index (χ2n) is 8.16. The second-order valence-corrected chi connectivity index (χ2v) is 10.7. The molecule has 0 radical (unpaired) electrons. The molecule has 0 aliphatic carbocycles. The van der Waals surface area contributed by atoms with Crippen LogP contribution >= 0.6 is 11.8 Å². The molecule has 1 amide bonds. The highest BCUT2D eigenvalue weighted by Gasteiger charge is 2.56. The van der Waals surface area contributed by atoms with Crippen LogP contribution in [0.15, 0.2) is 0 Å². The maximum Gasteiger partial charge on any atom is 0.245 e. The van der Waals surface area contributed by atoms with Crippen LogP contribution in [0.2, 0.25) is 0 Å². The third kappa shape index (κ3) is 4.17. The summed E-state index contributed by atoms with van der Waals surface area (Å²) in [5.74, 6) is -1.28. The normalized spacial score (nSPS) is 36.1. The number of sulfone groups is 1. The van der Waals surface area contributed by atoms with Gasteiger partial charge in [-0.3, -0.25) is 4.79 Å². The van der Waals surface area contributed by atoms with E-state index in [1.165, 1.54) is 16.4 Å². The van der Waals surface area contributed by atoms with Crippen LogP contribution in [0.1, 0.15) is 27.7 Å². The number of aliphatic hydroxyl groups is 3. The highest BCUT2D eigenvalue weighted by Crippen LogP contribution is 2.39. The Labute approximate surface area is 170 Å². The van der Waals surface area contributed by atoms with Gasteiger partial charge >= 0.3 is 0 Å². The van der Waals surface area contributed by atoms with Crippen LogP contribution in [0, 0.1) is 0 Å². The van der Waals surface area contributed by atoms with Gasteiger partial charge in [0.25, 0.3) is 0 Å². The molecule has 0 aromatic heterocycles. The molecule has 3 N–H and O–H groups in total. The van der Waals surface area contributed by atoms with Gasteiger partial charge in [0.15, 0.2) is 16.1 Å². The molecule has 2 aliphatic rings. The third-order valence-corrected chi connectivity index (χ3v) is 7.82. The molecule has 28 heavy (non-hydrogen) atoms. The number of methoxy groups -OCH3 is 1. The number of amides is 1. The molecule has 0 spiro atoms. The largest absolute Gasteiger partial charge is 0.388 e. The number of carbonyl (C=O) groups is 1. The van der Waals surface area contributed by atoms with Crippen molar-refractivity contribution in [1.82, 2.24) is 9.32 Å². The fraction of sp³-hybridized carbons (Fsp3) is 0.938. The van der Waals surface area contributed by atoms with E-state index < -0.39 is 57.5 Å². The summed E-state index contributed by atoms with van der Waals surface area (Å²) in [6, 6.07) is 0. The van der Waals surface area contributed by atoms with Crippen molar-refractivity contribution in [3.05, 3.63) is 0 Å².